The van der Waals surface area contributed by atoms with E-state index in [0.717, 1.165) is 0 Å². The van der Waals surface area contributed by atoms with E-state index in [2.05, 4.69) is 5.10 Å². The SMILES string of the molecule is COc1cccc(/C=C2\C(=O)N(c3c(F)c(F)c(F)c(F)c3F)N=C2C)c1OCC#N. The topological polar surface area (TPSA) is 74.9 Å². The molecule has 11 heteroatoms. The molecule has 1 aliphatic heterocycles. The summed E-state index contributed by atoms with van der Waals surface area (Å²) in [5.74, 6) is -11.9. The first-order valence-electron chi connectivity index (χ1n) is 8.52. The number of carbonyl (C=O) groups excluding carboxylic acids is 1. The highest BCUT2D eigenvalue weighted by atomic mass is 19.2. The summed E-state index contributed by atoms with van der Waals surface area (Å²) in [6, 6.07) is 6.37. The summed E-state index contributed by atoms with van der Waals surface area (Å²) in [5, 5.41) is 12.5. The lowest BCUT2D eigenvalue weighted by Gasteiger charge is -2.15. The Kier molecular flexibility index (Phi) is 5.92. The Labute approximate surface area is 172 Å². The van der Waals surface area contributed by atoms with E-state index in [0.29, 0.717) is 0 Å². The van der Waals surface area contributed by atoms with Crippen molar-refractivity contribution in [3.8, 4) is 17.6 Å². The normalized spacial score (nSPS) is 14.6. The molecule has 3 rings (SSSR count). The van der Waals surface area contributed by atoms with Gasteiger partial charge in [0.25, 0.3) is 5.91 Å². The van der Waals surface area contributed by atoms with Gasteiger partial charge in [-0.25, -0.2) is 22.0 Å². The summed E-state index contributed by atoms with van der Waals surface area (Å²) in [6.45, 7) is 0.972. The van der Waals surface area contributed by atoms with Gasteiger partial charge in [-0.15, -0.1) is 0 Å². The Morgan fingerprint density at radius 2 is 1.71 bits per heavy atom. The lowest BCUT2D eigenvalue weighted by atomic mass is 10.1. The average molecular weight is 437 g/mol. The predicted octanol–water partition coefficient (Wildman–Crippen LogP) is 4.10. The number of benzene rings is 2. The summed E-state index contributed by atoms with van der Waals surface area (Å²) >= 11 is 0. The molecule has 0 aliphatic carbocycles. The minimum absolute atomic E-state index is 0.0528. The molecule has 1 amide bonds. The van der Waals surface area contributed by atoms with Crippen LogP contribution in [0.15, 0.2) is 28.9 Å². The smallest absolute Gasteiger partial charge is 0.280 e. The predicted molar refractivity (Wildman–Crippen MR) is 98.9 cm³/mol. The van der Waals surface area contributed by atoms with Crippen molar-refractivity contribution in [2.45, 2.75) is 6.92 Å². The summed E-state index contributed by atoms with van der Waals surface area (Å²) in [5.41, 5.74) is -1.48. The first kappa shape index (κ1) is 21.8. The number of nitriles is 1. The number of hydrogen-bond acceptors (Lipinski definition) is 5. The Bertz CT molecular complexity index is 1160. The molecule has 31 heavy (non-hydrogen) atoms. The number of para-hydroxylation sites is 1. The van der Waals surface area contributed by atoms with Gasteiger partial charge in [0.05, 0.1) is 18.4 Å². The van der Waals surface area contributed by atoms with Crippen molar-refractivity contribution < 1.29 is 36.2 Å². The van der Waals surface area contributed by atoms with Crippen LogP contribution in [0.1, 0.15) is 12.5 Å². The molecule has 0 saturated heterocycles. The molecule has 1 aliphatic rings. The van der Waals surface area contributed by atoms with Gasteiger partial charge in [-0.1, -0.05) is 12.1 Å². The number of methoxy groups -OCH3 is 1. The second-order valence-corrected chi connectivity index (χ2v) is 6.10. The van der Waals surface area contributed by atoms with Gasteiger partial charge in [0.1, 0.15) is 11.8 Å². The number of nitrogens with zero attached hydrogens (tertiary/aromatic N) is 3. The van der Waals surface area contributed by atoms with E-state index in [1.165, 1.54) is 32.2 Å². The molecule has 0 spiro atoms. The number of amides is 1. The number of halogens is 5. The molecule has 0 unspecified atom stereocenters. The summed E-state index contributed by atoms with van der Waals surface area (Å²) in [7, 11) is 1.35. The Hall–Kier alpha value is -3.94. The van der Waals surface area contributed by atoms with Gasteiger partial charge in [0, 0.05) is 5.56 Å². The third kappa shape index (κ3) is 3.68. The number of rotatable bonds is 5. The van der Waals surface area contributed by atoms with Gasteiger partial charge < -0.3 is 9.47 Å². The third-order valence-corrected chi connectivity index (χ3v) is 4.27. The summed E-state index contributed by atoms with van der Waals surface area (Å²) < 4.78 is 79.2. The van der Waals surface area contributed by atoms with Crippen LogP contribution >= 0.6 is 0 Å². The number of ether oxygens (including phenoxy) is 2. The van der Waals surface area contributed by atoms with Crippen LogP contribution in [0.4, 0.5) is 27.6 Å². The molecule has 160 valence electrons. The lowest BCUT2D eigenvalue weighted by Crippen LogP contribution is -2.25. The van der Waals surface area contributed by atoms with Crippen molar-refractivity contribution >= 4 is 23.4 Å². The van der Waals surface area contributed by atoms with Gasteiger partial charge in [-0.05, 0) is 19.1 Å². The zero-order chi connectivity index (χ0) is 22.9. The van der Waals surface area contributed by atoms with E-state index in [1.807, 2.05) is 0 Å². The van der Waals surface area contributed by atoms with Crippen molar-refractivity contribution in [2.24, 2.45) is 5.10 Å². The Morgan fingerprint density at radius 1 is 1.10 bits per heavy atom. The molecule has 0 aromatic heterocycles. The van der Waals surface area contributed by atoms with Crippen molar-refractivity contribution in [1.29, 1.82) is 5.26 Å². The molecule has 2 aromatic rings. The molecule has 0 N–H and O–H groups in total. The summed E-state index contributed by atoms with van der Waals surface area (Å²) in [4.78, 5) is 12.8. The number of hydrogen-bond donors (Lipinski definition) is 0. The molecule has 6 nitrogen and oxygen atoms in total. The van der Waals surface area contributed by atoms with E-state index in [-0.39, 0.29) is 40.0 Å². The van der Waals surface area contributed by atoms with Gasteiger partial charge >= 0.3 is 0 Å². The molecule has 1 heterocycles. The Morgan fingerprint density at radius 3 is 2.29 bits per heavy atom. The number of hydrazone groups is 1. The van der Waals surface area contributed by atoms with Gasteiger partial charge in [-0.2, -0.15) is 15.4 Å². The largest absolute Gasteiger partial charge is 0.493 e. The molecule has 0 radical (unpaired) electrons. The standard InChI is InChI=1S/C20H12F5N3O3/c1-9-11(8-10-4-3-5-12(30-2)19(10)31-7-6-26)20(29)28(27-9)18-16(24)14(22)13(21)15(23)17(18)25/h3-5,8H,7H2,1-2H3/b11-8-. The van der Waals surface area contributed by atoms with E-state index in [4.69, 9.17) is 14.7 Å². The highest BCUT2D eigenvalue weighted by molar-refractivity contribution is 6.32. The highest BCUT2D eigenvalue weighted by Gasteiger charge is 2.37. The second-order valence-electron chi connectivity index (χ2n) is 6.10. The van der Waals surface area contributed by atoms with E-state index >= 15 is 0 Å². The quantitative estimate of drug-likeness (QED) is 0.306. The fourth-order valence-corrected chi connectivity index (χ4v) is 2.84. The van der Waals surface area contributed by atoms with Crippen LogP contribution in [0.5, 0.6) is 11.5 Å². The van der Waals surface area contributed by atoms with Crippen molar-refractivity contribution in [2.75, 3.05) is 18.7 Å². The minimum atomic E-state index is -2.35. The van der Waals surface area contributed by atoms with Crippen molar-refractivity contribution in [3.63, 3.8) is 0 Å². The molecule has 2 aromatic carbocycles. The highest BCUT2D eigenvalue weighted by Crippen LogP contribution is 2.36. The second kappa shape index (κ2) is 8.43. The average Bonchev–Trinajstić information content (AvgIpc) is 3.03. The lowest BCUT2D eigenvalue weighted by molar-refractivity contribution is -0.114. The van der Waals surface area contributed by atoms with Crippen LogP contribution in [0.2, 0.25) is 0 Å². The monoisotopic (exact) mass is 437 g/mol. The number of anilines is 1. The van der Waals surface area contributed by atoms with E-state index in [1.54, 1.807) is 12.1 Å². The fourth-order valence-electron chi connectivity index (χ4n) is 2.84. The maximum absolute atomic E-state index is 14.1. The Balaban J connectivity index is 2.10. The van der Waals surface area contributed by atoms with Crippen LogP contribution in [0.3, 0.4) is 0 Å². The van der Waals surface area contributed by atoms with Crippen LogP contribution in [0, 0.1) is 40.4 Å². The van der Waals surface area contributed by atoms with Crippen LogP contribution < -0.4 is 14.5 Å². The molecular weight excluding hydrogens is 425 g/mol. The van der Waals surface area contributed by atoms with Crippen molar-refractivity contribution in [3.05, 3.63) is 58.4 Å². The zero-order valence-electron chi connectivity index (χ0n) is 16.0. The fraction of sp³-hybridized carbons (Fsp3) is 0.150. The molecule has 0 bridgehead atoms. The van der Waals surface area contributed by atoms with E-state index < -0.39 is 40.7 Å². The molecule has 0 saturated carbocycles. The van der Waals surface area contributed by atoms with Crippen molar-refractivity contribution in [1.82, 2.24) is 0 Å². The van der Waals surface area contributed by atoms with Gasteiger partial charge in [0.2, 0.25) is 5.82 Å². The maximum atomic E-state index is 14.1. The number of carbonyl (C=O) groups is 1. The van der Waals surface area contributed by atoms with Crippen LogP contribution in [-0.4, -0.2) is 25.3 Å². The van der Waals surface area contributed by atoms with Crippen LogP contribution in [0.25, 0.3) is 6.08 Å². The zero-order valence-corrected chi connectivity index (χ0v) is 16.0. The summed E-state index contributed by atoms with van der Waals surface area (Å²) in [6.07, 6.45) is 1.24. The van der Waals surface area contributed by atoms with Gasteiger partial charge in [-0.3, -0.25) is 4.79 Å². The minimum Gasteiger partial charge on any atom is -0.493 e. The first-order valence-corrected chi connectivity index (χ1v) is 8.52. The molecular formula is C20H12F5N3O3. The van der Waals surface area contributed by atoms with Gasteiger partial charge in [0.15, 0.2) is 41.4 Å². The third-order valence-electron chi connectivity index (χ3n) is 4.27. The van der Waals surface area contributed by atoms with Crippen LogP contribution in [-0.2, 0) is 4.79 Å². The maximum Gasteiger partial charge on any atom is 0.280 e. The van der Waals surface area contributed by atoms with E-state index in [9.17, 15) is 26.7 Å². The molecule has 0 atom stereocenters. The first-order chi connectivity index (χ1) is 14.7. The molecule has 0 fully saturated rings.